The number of sulfone groups is 1. The molecule has 1 aromatic rings. The lowest BCUT2D eigenvalue weighted by atomic mass is 10.1. The number of aromatic nitrogens is 1. The van der Waals surface area contributed by atoms with E-state index in [1.165, 1.54) is 6.92 Å². The highest BCUT2D eigenvalue weighted by molar-refractivity contribution is 7.92. The van der Waals surface area contributed by atoms with Gasteiger partial charge in [-0.3, -0.25) is 9.78 Å². The first-order valence-electron chi connectivity index (χ1n) is 6.73. The lowest BCUT2D eigenvalue weighted by Gasteiger charge is -2.31. The van der Waals surface area contributed by atoms with E-state index in [2.05, 4.69) is 4.98 Å². The predicted molar refractivity (Wildman–Crippen MR) is 76.8 cm³/mol. The minimum atomic E-state index is -3.38. The summed E-state index contributed by atoms with van der Waals surface area (Å²) < 4.78 is 23.2. The topological polar surface area (TPSA) is 67.3 Å². The lowest BCUT2D eigenvalue weighted by Crippen LogP contribution is -2.43. The van der Waals surface area contributed by atoms with Crippen LogP contribution in [0.25, 0.3) is 0 Å². The molecule has 0 unspecified atom stereocenters. The molecule has 1 saturated carbocycles. The third-order valence-corrected chi connectivity index (χ3v) is 5.25. The summed E-state index contributed by atoms with van der Waals surface area (Å²) in [4.78, 5) is 18.3. The Balaban J connectivity index is 2.26. The van der Waals surface area contributed by atoms with Crippen LogP contribution in [0.4, 0.5) is 0 Å². The Hall–Kier alpha value is -1.43. The Morgan fingerprint density at radius 3 is 2.50 bits per heavy atom. The van der Waals surface area contributed by atoms with Crippen molar-refractivity contribution in [2.45, 2.75) is 44.0 Å². The van der Waals surface area contributed by atoms with Gasteiger partial charge in [0.25, 0.3) is 0 Å². The number of pyridine rings is 1. The minimum Gasteiger partial charge on any atom is -0.332 e. The van der Waals surface area contributed by atoms with Gasteiger partial charge in [-0.1, -0.05) is 6.07 Å². The summed E-state index contributed by atoms with van der Waals surface area (Å²) in [6.07, 6.45) is 6.38. The summed E-state index contributed by atoms with van der Waals surface area (Å²) in [5, 5.41) is -0.998. The second kappa shape index (κ2) is 5.52. The van der Waals surface area contributed by atoms with E-state index < -0.39 is 15.1 Å². The van der Waals surface area contributed by atoms with Gasteiger partial charge >= 0.3 is 0 Å². The highest BCUT2D eigenvalue weighted by Crippen LogP contribution is 2.35. The first-order valence-corrected chi connectivity index (χ1v) is 8.68. The van der Waals surface area contributed by atoms with Crippen LogP contribution < -0.4 is 0 Å². The predicted octanol–water partition coefficient (Wildman–Crippen LogP) is 1.57. The number of nitrogens with zero attached hydrogens (tertiary/aromatic N) is 2. The fraction of sp³-hybridized carbons (Fsp3) is 0.571. The second-order valence-corrected chi connectivity index (χ2v) is 7.78. The maximum atomic E-state index is 12.5. The molecule has 1 aromatic heterocycles. The van der Waals surface area contributed by atoms with E-state index in [4.69, 9.17) is 0 Å². The molecule has 0 radical (unpaired) electrons. The third-order valence-electron chi connectivity index (χ3n) is 3.77. The molecule has 0 N–H and O–H groups in total. The normalized spacial score (nSPS) is 18.4. The van der Waals surface area contributed by atoms with Crippen molar-refractivity contribution < 1.29 is 13.2 Å². The zero-order valence-electron chi connectivity index (χ0n) is 12.0. The van der Waals surface area contributed by atoms with Crippen molar-refractivity contribution in [2.75, 3.05) is 6.26 Å². The van der Waals surface area contributed by atoms with Crippen LogP contribution in [0.2, 0.25) is 0 Å². The van der Waals surface area contributed by atoms with Crippen molar-refractivity contribution in [3.8, 4) is 0 Å². The van der Waals surface area contributed by atoms with Gasteiger partial charge < -0.3 is 4.90 Å². The average molecular weight is 296 g/mol. The van der Waals surface area contributed by atoms with Crippen molar-refractivity contribution in [1.29, 1.82) is 0 Å². The van der Waals surface area contributed by atoms with Crippen molar-refractivity contribution in [2.24, 2.45) is 0 Å². The van der Waals surface area contributed by atoms with E-state index >= 15 is 0 Å². The van der Waals surface area contributed by atoms with Crippen LogP contribution in [-0.2, 0) is 14.6 Å². The molecule has 1 heterocycles. The van der Waals surface area contributed by atoms with Crippen molar-refractivity contribution in [1.82, 2.24) is 9.88 Å². The van der Waals surface area contributed by atoms with Crippen molar-refractivity contribution >= 4 is 15.7 Å². The minimum absolute atomic E-state index is 0.155. The average Bonchev–Trinajstić information content (AvgIpc) is 3.22. The molecule has 2 atom stereocenters. The van der Waals surface area contributed by atoms with E-state index in [0.717, 1.165) is 24.7 Å². The van der Waals surface area contributed by atoms with Gasteiger partial charge in [0, 0.05) is 24.7 Å². The first kappa shape index (κ1) is 15.0. The zero-order chi connectivity index (χ0) is 14.9. The van der Waals surface area contributed by atoms with Gasteiger partial charge in [-0.05, 0) is 38.3 Å². The van der Waals surface area contributed by atoms with Gasteiger partial charge in [0.1, 0.15) is 5.25 Å². The number of hydrogen-bond acceptors (Lipinski definition) is 4. The Kier molecular flexibility index (Phi) is 4.13. The van der Waals surface area contributed by atoms with E-state index in [1.807, 2.05) is 19.1 Å². The highest BCUT2D eigenvalue weighted by Gasteiger charge is 2.40. The van der Waals surface area contributed by atoms with Gasteiger partial charge in [-0.2, -0.15) is 0 Å². The first-order chi connectivity index (χ1) is 9.32. The molecule has 0 saturated heterocycles. The van der Waals surface area contributed by atoms with E-state index in [0.29, 0.717) is 0 Å². The van der Waals surface area contributed by atoms with Gasteiger partial charge in [0.05, 0.1) is 6.04 Å². The fourth-order valence-corrected chi connectivity index (χ4v) is 2.70. The third kappa shape index (κ3) is 3.17. The standard InChI is InChI=1S/C14H20N2O3S/c1-10(12-5-4-8-15-9-12)16(13-6-7-13)14(17)11(2)20(3,18)19/h4-5,8-11,13H,6-7H2,1-3H3/t10-,11-/m1/s1. The number of carbonyl (C=O) groups is 1. The quantitative estimate of drug-likeness (QED) is 0.827. The largest absolute Gasteiger partial charge is 0.332 e. The Morgan fingerprint density at radius 2 is 2.05 bits per heavy atom. The monoisotopic (exact) mass is 296 g/mol. The maximum absolute atomic E-state index is 12.5. The molecular formula is C14H20N2O3S. The van der Waals surface area contributed by atoms with Crippen molar-refractivity contribution in [3.05, 3.63) is 30.1 Å². The SMILES string of the molecule is C[C@H](c1cccnc1)N(C(=O)[C@@H](C)S(C)(=O)=O)C1CC1. The van der Waals surface area contributed by atoms with Gasteiger partial charge in [-0.15, -0.1) is 0 Å². The number of amides is 1. The van der Waals surface area contributed by atoms with Gasteiger partial charge in [0.2, 0.25) is 5.91 Å². The maximum Gasteiger partial charge on any atom is 0.241 e. The Morgan fingerprint density at radius 1 is 1.40 bits per heavy atom. The number of hydrogen-bond donors (Lipinski definition) is 0. The highest BCUT2D eigenvalue weighted by atomic mass is 32.2. The second-order valence-electron chi connectivity index (χ2n) is 5.41. The Labute approximate surface area is 119 Å². The molecule has 1 aliphatic carbocycles. The zero-order valence-corrected chi connectivity index (χ0v) is 12.8. The van der Waals surface area contributed by atoms with Crippen LogP contribution in [0.15, 0.2) is 24.5 Å². The number of rotatable bonds is 5. The van der Waals surface area contributed by atoms with E-state index in [-0.39, 0.29) is 18.0 Å². The number of carbonyl (C=O) groups excluding carboxylic acids is 1. The molecule has 0 spiro atoms. The molecule has 1 aliphatic rings. The molecule has 1 fully saturated rings. The molecule has 0 bridgehead atoms. The molecule has 0 aliphatic heterocycles. The summed E-state index contributed by atoms with van der Waals surface area (Å²) in [6, 6.07) is 3.72. The molecule has 1 amide bonds. The molecule has 0 aromatic carbocycles. The molecular weight excluding hydrogens is 276 g/mol. The van der Waals surface area contributed by atoms with Crippen LogP contribution in [0.1, 0.15) is 38.3 Å². The summed E-state index contributed by atoms with van der Waals surface area (Å²) in [5.74, 6) is -0.314. The van der Waals surface area contributed by atoms with Crippen molar-refractivity contribution in [3.63, 3.8) is 0 Å². The summed E-state index contributed by atoms with van der Waals surface area (Å²) in [5.41, 5.74) is 0.924. The van der Waals surface area contributed by atoms with E-state index in [9.17, 15) is 13.2 Å². The van der Waals surface area contributed by atoms with Crippen LogP contribution in [-0.4, -0.2) is 41.8 Å². The van der Waals surface area contributed by atoms with Crippen LogP contribution >= 0.6 is 0 Å². The smallest absolute Gasteiger partial charge is 0.241 e. The van der Waals surface area contributed by atoms with Gasteiger partial charge in [-0.25, -0.2) is 8.42 Å². The molecule has 110 valence electrons. The lowest BCUT2D eigenvalue weighted by molar-refractivity contribution is -0.133. The fourth-order valence-electron chi connectivity index (χ4n) is 2.22. The Bertz CT molecular complexity index is 582. The molecule has 5 nitrogen and oxygen atoms in total. The molecule has 20 heavy (non-hydrogen) atoms. The summed E-state index contributed by atoms with van der Waals surface area (Å²) in [7, 11) is -3.38. The molecule has 6 heteroatoms. The van der Waals surface area contributed by atoms with Crippen LogP contribution in [0, 0.1) is 0 Å². The van der Waals surface area contributed by atoms with E-state index in [1.54, 1.807) is 17.3 Å². The van der Waals surface area contributed by atoms with Crippen LogP contribution in [0.5, 0.6) is 0 Å². The summed E-state index contributed by atoms with van der Waals surface area (Å²) >= 11 is 0. The van der Waals surface area contributed by atoms with Crippen LogP contribution in [0.3, 0.4) is 0 Å². The summed E-state index contributed by atoms with van der Waals surface area (Å²) in [6.45, 7) is 3.38. The van der Waals surface area contributed by atoms with Gasteiger partial charge in [0.15, 0.2) is 9.84 Å². The molecule has 2 rings (SSSR count).